The molecule has 2 aliphatic rings. The van der Waals surface area contributed by atoms with Crippen molar-refractivity contribution in [2.24, 2.45) is 0 Å². The van der Waals surface area contributed by atoms with E-state index in [-0.39, 0.29) is 23.7 Å². The number of thiocarbonyl (C=S) groups is 1. The predicted molar refractivity (Wildman–Crippen MR) is 110 cm³/mol. The maximum Gasteiger partial charge on any atom is 0.173 e. The van der Waals surface area contributed by atoms with E-state index in [4.69, 9.17) is 28.6 Å². The average molecular weight is 417 g/mol. The van der Waals surface area contributed by atoms with Crippen LogP contribution >= 0.6 is 23.8 Å². The summed E-state index contributed by atoms with van der Waals surface area (Å²) in [6.07, 6.45) is 2.69. The van der Waals surface area contributed by atoms with Crippen LogP contribution in [0.2, 0.25) is 5.02 Å². The van der Waals surface area contributed by atoms with Gasteiger partial charge in [-0.25, -0.2) is 8.42 Å². The molecule has 0 saturated carbocycles. The summed E-state index contributed by atoms with van der Waals surface area (Å²) in [5, 5.41) is 4.38. The number of hydrogen-bond donors (Lipinski definition) is 1. The highest BCUT2D eigenvalue weighted by Gasteiger charge is 2.35. The number of sulfone groups is 1. The smallest absolute Gasteiger partial charge is 0.173 e. The van der Waals surface area contributed by atoms with Gasteiger partial charge in [0, 0.05) is 19.2 Å². The molecule has 2 fully saturated rings. The fraction of sp³-hybridized carbons (Fsp3) is 0.611. The van der Waals surface area contributed by atoms with Crippen LogP contribution in [0.3, 0.4) is 0 Å². The van der Waals surface area contributed by atoms with E-state index in [2.05, 4.69) is 5.32 Å². The zero-order chi connectivity index (χ0) is 18.9. The molecule has 0 radical (unpaired) electrons. The van der Waals surface area contributed by atoms with Crippen molar-refractivity contribution in [3.63, 3.8) is 0 Å². The SMILES string of the molecule is Cc1cc(C)c(NC(=S)N(C[C@@H]2CCCO2)[C@@H]2CCS(=O)(=O)C2)c(Cl)c1. The normalized spacial score (nSPS) is 24.6. The topological polar surface area (TPSA) is 58.6 Å². The van der Waals surface area contributed by atoms with E-state index in [1.165, 1.54) is 0 Å². The van der Waals surface area contributed by atoms with Gasteiger partial charge in [-0.2, -0.15) is 0 Å². The third-order valence-corrected chi connectivity index (χ3v) is 7.38. The van der Waals surface area contributed by atoms with E-state index < -0.39 is 9.84 Å². The zero-order valence-electron chi connectivity index (χ0n) is 15.1. The maximum absolute atomic E-state index is 12.0. The van der Waals surface area contributed by atoms with Crippen molar-refractivity contribution in [3.05, 3.63) is 28.3 Å². The van der Waals surface area contributed by atoms with Crippen molar-refractivity contribution in [1.29, 1.82) is 0 Å². The second kappa shape index (κ2) is 8.00. The summed E-state index contributed by atoms with van der Waals surface area (Å²) in [5.74, 6) is 0.356. The lowest BCUT2D eigenvalue weighted by atomic mass is 10.1. The van der Waals surface area contributed by atoms with Crippen LogP contribution in [0, 0.1) is 13.8 Å². The summed E-state index contributed by atoms with van der Waals surface area (Å²) in [6, 6.07) is 3.82. The lowest BCUT2D eigenvalue weighted by Gasteiger charge is -2.33. The van der Waals surface area contributed by atoms with E-state index >= 15 is 0 Å². The molecular formula is C18H25ClN2O3S2. The first-order valence-corrected chi connectivity index (χ1v) is 11.5. The molecule has 0 amide bonds. The minimum absolute atomic E-state index is 0.0904. The predicted octanol–water partition coefficient (Wildman–Crippen LogP) is 3.32. The Labute approximate surface area is 166 Å². The molecule has 2 aliphatic heterocycles. The minimum atomic E-state index is -3.00. The van der Waals surface area contributed by atoms with Gasteiger partial charge in [0.05, 0.1) is 28.3 Å². The summed E-state index contributed by atoms with van der Waals surface area (Å²) in [7, 11) is -3.00. The standard InChI is InChI=1S/C18H25ClN2O3S2/c1-12-8-13(2)17(16(19)9-12)20-18(25)21(10-15-4-3-6-24-15)14-5-7-26(22,23)11-14/h8-9,14-15H,3-7,10-11H2,1-2H3,(H,20,25)/t14-,15+/m1/s1. The van der Waals surface area contributed by atoms with E-state index in [0.717, 1.165) is 36.3 Å². The largest absolute Gasteiger partial charge is 0.376 e. The quantitative estimate of drug-likeness (QED) is 0.760. The first-order chi connectivity index (χ1) is 12.2. The van der Waals surface area contributed by atoms with Crippen LogP contribution in [0.25, 0.3) is 0 Å². The number of hydrogen-bond acceptors (Lipinski definition) is 4. The molecule has 2 atom stereocenters. The zero-order valence-corrected chi connectivity index (χ0v) is 17.5. The Morgan fingerprint density at radius 3 is 2.73 bits per heavy atom. The number of nitrogens with zero attached hydrogens (tertiary/aromatic N) is 1. The number of rotatable bonds is 4. The highest BCUT2D eigenvalue weighted by Crippen LogP contribution is 2.29. The number of nitrogens with one attached hydrogen (secondary N) is 1. The van der Waals surface area contributed by atoms with Crippen molar-refractivity contribution in [1.82, 2.24) is 4.90 Å². The molecule has 8 heteroatoms. The first-order valence-electron chi connectivity index (χ1n) is 8.91. The molecule has 3 rings (SSSR count). The molecule has 0 aliphatic carbocycles. The number of aryl methyl sites for hydroxylation is 2. The molecule has 2 heterocycles. The van der Waals surface area contributed by atoms with Crippen molar-refractivity contribution in [2.45, 2.75) is 45.3 Å². The molecule has 0 bridgehead atoms. The average Bonchev–Trinajstić information content (AvgIpc) is 3.17. The summed E-state index contributed by atoms with van der Waals surface area (Å²) < 4.78 is 29.7. The molecular weight excluding hydrogens is 392 g/mol. The third-order valence-electron chi connectivity index (χ3n) is 5.00. The molecule has 1 aromatic rings. The summed E-state index contributed by atoms with van der Waals surface area (Å²) in [6.45, 7) is 5.33. The Morgan fingerprint density at radius 2 is 2.15 bits per heavy atom. The van der Waals surface area contributed by atoms with E-state index in [1.54, 1.807) is 0 Å². The summed E-state index contributed by atoms with van der Waals surface area (Å²) >= 11 is 12.1. The summed E-state index contributed by atoms with van der Waals surface area (Å²) in [4.78, 5) is 1.99. The fourth-order valence-electron chi connectivity index (χ4n) is 3.68. The van der Waals surface area contributed by atoms with Gasteiger partial charge >= 0.3 is 0 Å². The number of benzene rings is 1. The van der Waals surface area contributed by atoms with E-state index in [1.807, 2.05) is 30.9 Å². The van der Waals surface area contributed by atoms with Gasteiger partial charge in [-0.3, -0.25) is 0 Å². The number of halogens is 1. The highest BCUT2D eigenvalue weighted by molar-refractivity contribution is 7.91. The van der Waals surface area contributed by atoms with Gasteiger partial charge in [0.15, 0.2) is 14.9 Å². The highest BCUT2D eigenvalue weighted by atomic mass is 35.5. The monoisotopic (exact) mass is 416 g/mol. The summed E-state index contributed by atoms with van der Waals surface area (Å²) in [5.41, 5.74) is 2.87. The van der Waals surface area contributed by atoms with Gasteiger partial charge in [0.2, 0.25) is 0 Å². The van der Waals surface area contributed by atoms with Crippen LogP contribution in [-0.4, -0.2) is 55.2 Å². The number of anilines is 1. The van der Waals surface area contributed by atoms with Crippen LogP contribution in [0.5, 0.6) is 0 Å². The Hall–Kier alpha value is -0.890. The maximum atomic E-state index is 12.0. The van der Waals surface area contributed by atoms with Crippen LogP contribution in [0.4, 0.5) is 5.69 Å². The van der Waals surface area contributed by atoms with E-state index in [0.29, 0.717) is 23.1 Å². The Balaban J connectivity index is 1.80. The second-order valence-electron chi connectivity index (χ2n) is 7.21. The molecule has 26 heavy (non-hydrogen) atoms. The van der Waals surface area contributed by atoms with Gasteiger partial charge in [0.25, 0.3) is 0 Å². The Kier molecular flexibility index (Phi) is 6.11. The third kappa shape index (κ3) is 4.68. The second-order valence-corrected chi connectivity index (χ2v) is 10.2. The van der Waals surface area contributed by atoms with Gasteiger partial charge in [0.1, 0.15) is 0 Å². The molecule has 144 valence electrons. The van der Waals surface area contributed by atoms with Crippen LogP contribution < -0.4 is 5.32 Å². The first kappa shape index (κ1) is 19.9. The minimum Gasteiger partial charge on any atom is -0.376 e. The van der Waals surface area contributed by atoms with Crippen LogP contribution in [0.1, 0.15) is 30.4 Å². The molecule has 1 N–H and O–H groups in total. The van der Waals surface area contributed by atoms with Crippen molar-refractivity contribution < 1.29 is 13.2 Å². The fourth-order valence-corrected chi connectivity index (χ4v) is 6.10. The molecule has 0 aromatic heterocycles. The van der Waals surface area contributed by atoms with Gasteiger partial charge in [-0.15, -0.1) is 0 Å². The van der Waals surface area contributed by atoms with E-state index in [9.17, 15) is 8.42 Å². The van der Waals surface area contributed by atoms with Crippen molar-refractivity contribution in [3.8, 4) is 0 Å². The van der Waals surface area contributed by atoms with Gasteiger partial charge < -0.3 is 15.0 Å². The molecule has 0 spiro atoms. The Bertz CT molecular complexity index is 769. The number of ether oxygens (including phenoxy) is 1. The lowest BCUT2D eigenvalue weighted by Crippen LogP contribution is -2.47. The molecule has 0 unspecified atom stereocenters. The molecule has 2 saturated heterocycles. The molecule has 5 nitrogen and oxygen atoms in total. The van der Waals surface area contributed by atoms with Crippen LogP contribution in [0.15, 0.2) is 12.1 Å². The molecule has 1 aromatic carbocycles. The van der Waals surface area contributed by atoms with Crippen molar-refractivity contribution in [2.75, 3.05) is 30.0 Å². The lowest BCUT2D eigenvalue weighted by molar-refractivity contribution is 0.0851. The van der Waals surface area contributed by atoms with Gasteiger partial charge in [-0.1, -0.05) is 17.7 Å². The van der Waals surface area contributed by atoms with Crippen LogP contribution in [-0.2, 0) is 14.6 Å². The van der Waals surface area contributed by atoms with Crippen molar-refractivity contribution >= 4 is 44.5 Å². The van der Waals surface area contributed by atoms with Gasteiger partial charge in [-0.05, 0) is 62.5 Å². The Morgan fingerprint density at radius 1 is 1.38 bits per heavy atom.